The molecule has 0 unspecified atom stereocenters. The molecule has 0 bridgehead atoms. The van der Waals surface area contributed by atoms with Gasteiger partial charge in [-0.15, -0.1) is 0 Å². The molecule has 0 fully saturated rings. The highest BCUT2D eigenvalue weighted by Crippen LogP contribution is 2.23. The van der Waals surface area contributed by atoms with E-state index in [1.807, 2.05) is 0 Å². The molecule has 0 saturated heterocycles. The number of nitrogens with zero attached hydrogens (tertiary/aromatic N) is 8. The summed E-state index contributed by atoms with van der Waals surface area (Å²) < 4.78 is 17.3. The molecule has 12 nitrogen and oxygen atoms in total. The Bertz CT molecular complexity index is 1020. The van der Waals surface area contributed by atoms with E-state index < -0.39 is 5.82 Å². The van der Waals surface area contributed by atoms with Gasteiger partial charge in [-0.3, -0.25) is 9.88 Å². The maximum atomic E-state index is 14.1. The maximum absolute atomic E-state index is 14.1. The van der Waals surface area contributed by atoms with Crippen LogP contribution in [-0.4, -0.2) is 63.8 Å². The fraction of sp³-hybridized carbons (Fsp3) is 0.312. The monoisotopic (exact) mass is 402 g/mol. The third-order valence-electron chi connectivity index (χ3n) is 4.21. The second-order valence-corrected chi connectivity index (χ2v) is 6.14. The first-order valence-electron chi connectivity index (χ1n) is 8.76. The van der Waals surface area contributed by atoms with Gasteiger partial charge in [0.1, 0.15) is 12.4 Å². The summed E-state index contributed by atoms with van der Waals surface area (Å²) in [6, 6.07) is 0. The average molecular weight is 402 g/mol. The van der Waals surface area contributed by atoms with E-state index >= 15 is 0 Å². The molecule has 0 atom stereocenters. The number of aliphatic imine (C=N–C) groups is 1. The van der Waals surface area contributed by atoms with E-state index in [0.29, 0.717) is 30.5 Å². The van der Waals surface area contributed by atoms with Crippen LogP contribution in [0.3, 0.4) is 0 Å². The van der Waals surface area contributed by atoms with Crippen molar-refractivity contribution >= 4 is 29.9 Å². The molecule has 4 N–H and O–H groups in total. The number of nitrogens with one attached hydrogen (secondary N) is 2. The zero-order valence-electron chi connectivity index (χ0n) is 15.3. The van der Waals surface area contributed by atoms with E-state index in [9.17, 15) is 9.50 Å². The number of halogens is 1. The molecular weight excluding hydrogens is 383 g/mol. The molecule has 152 valence electrons. The molecule has 1 aliphatic rings. The molecule has 4 heterocycles. The Hall–Kier alpha value is -3.58. The summed E-state index contributed by atoms with van der Waals surface area (Å²) in [6.45, 7) is 0.807. The maximum Gasteiger partial charge on any atom is 0.231 e. The Morgan fingerprint density at radius 1 is 1.17 bits per heavy atom. The first kappa shape index (κ1) is 18.8. The standard InChI is InChI=1S/C16H19FN10O2/c17-11-5-19-15(24-16-18-1-2-26(16)3-4-28)23-13(11)21-7-25-6-12-14(22-8-25)27(10-29)9-20-12/h1-2,5,8-9,28-29H,3-4,6-7,10H2,(H2,18,19,21,23,24). The molecule has 0 aromatic carbocycles. The summed E-state index contributed by atoms with van der Waals surface area (Å²) in [5.74, 6) is 0.612. The minimum atomic E-state index is -0.603. The van der Waals surface area contributed by atoms with Gasteiger partial charge < -0.3 is 25.0 Å². The van der Waals surface area contributed by atoms with Crippen molar-refractivity contribution in [2.75, 3.05) is 23.9 Å². The fourth-order valence-electron chi connectivity index (χ4n) is 2.80. The van der Waals surface area contributed by atoms with Gasteiger partial charge in [-0.1, -0.05) is 0 Å². The third-order valence-corrected chi connectivity index (χ3v) is 4.21. The van der Waals surface area contributed by atoms with Crippen LogP contribution in [0.1, 0.15) is 5.69 Å². The summed E-state index contributed by atoms with van der Waals surface area (Å²) in [5.41, 5.74) is 0.713. The van der Waals surface area contributed by atoms with Gasteiger partial charge in [0, 0.05) is 18.9 Å². The van der Waals surface area contributed by atoms with Gasteiger partial charge in [0.25, 0.3) is 0 Å². The lowest BCUT2D eigenvalue weighted by Gasteiger charge is -2.23. The SMILES string of the molecule is OCCn1ccnc1Nc1ncc(F)c(NCN2C=Nc3c(ncn3CO)C2)n1. The minimum Gasteiger partial charge on any atom is -0.395 e. The lowest BCUT2D eigenvalue weighted by atomic mass is 10.3. The number of aromatic nitrogens is 6. The zero-order valence-corrected chi connectivity index (χ0v) is 15.3. The van der Waals surface area contributed by atoms with Crippen LogP contribution < -0.4 is 10.6 Å². The number of anilines is 3. The molecule has 29 heavy (non-hydrogen) atoms. The summed E-state index contributed by atoms with van der Waals surface area (Å²) in [5, 5.41) is 24.1. The Morgan fingerprint density at radius 3 is 2.90 bits per heavy atom. The molecule has 0 spiro atoms. The number of hydrogen-bond donors (Lipinski definition) is 4. The molecule has 0 radical (unpaired) electrons. The predicted molar refractivity (Wildman–Crippen MR) is 101 cm³/mol. The molecular formula is C16H19FN10O2. The number of imidazole rings is 2. The molecule has 0 amide bonds. The van der Waals surface area contributed by atoms with Crippen LogP contribution in [0.25, 0.3) is 0 Å². The first-order valence-corrected chi connectivity index (χ1v) is 8.76. The van der Waals surface area contributed by atoms with Gasteiger partial charge in [0.2, 0.25) is 11.9 Å². The van der Waals surface area contributed by atoms with Crippen molar-refractivity contribution in [3.8, 4) is 0 Å². The fourth-order valence-corrected chi connectivity index (χ4v) is 2.80. The van der Waals surface area contributed by atoms with Gasteiger partial charge in [-0.25, -0.2) is 24.3 Å². The third kappa shape index (κ3) is 4.00. The van der Waals surface area contributed by atoms with Crippen LogP contribution in [-0.2, 0) is 19.8 Å². The molecule has 4 rings (SSSR count). The van der Waals surface area contributed by atoms with E-state index in [0.717, 1.165) is 6.20 Å². The van der Waals surface area contributed by atoms with E-state index in [1.165, 1.54) is 10.9 Å². The molecule has 0 aliphatic carbocycles. The highest BCUT2D eigenvalue weighted by Gasteiger charge is 2.17. The number of aliphatic hydroxyl groups is 2. The van der Waals surface area contributed by atoms with E-state index in [4.69, 9.17) is 5.11 Å². The van der Waals surface area contributed by atoms with Crippen molar-refractivity contribution in [1.29, 1.82) is 0 Å². The number of fused-ring (bicyclic) bond motifs is 1. The second-order valence-electron chi connectivity index (χ2n) is 6.14. The van der Waals surface area contributed by atoms with Crippen LogP contribution in [0.4, 0.5) is 27.9 Å². The predicted octanol–water partition coefficient (Wildman–Crippen LogP) is 0.239. The van der Waals surface area contributed by atoms with E-state index in [-0.39, 0.29) is 31.8 Å². The lowest BCUT2D eigenvalue weighted by Crippen LogP contribution is -2.30. The molecule has 0 saturated carbocycles. The molecule has 1 aliphatic heterocycles. The summed E-state index contributed by atoms with van der Waals surface area (Å²) >= 11 is 0. The van der Waals surface area contributed by atoms with Crippen molar-refractivity contribution in [3.63, 3.8) is 0 Å². The van der Waals surface area contributed by atoms with Crippen molar-refractivity contribution < 1.29 is 14.6 Å². The van der Waals surface area contributed by atoms with Gasteiger partial charge in [-0.05, 0) is 0 Å². The number of hydrogen-bond acceptors (Lipinski definition) is 10. The Labute approximate surface area is 164 Å². The first-order chi connectivity index (χ1) is 14.2. The number of aliphatic hydroxyl groups excluding tert-OH is 2. The van der Waals surface area contributed by atoms with E-state index in [2.05, 4.69) is 35.6 Å². The van der Waals surface area contributed by atoms with Crippen LogP contribution in [0.2, 0.25) is 0 Å². The average Bonchev–Trinajstić information content (AvgIpc) is 3.34. The topological polar surface area (TPSA) is 142 Å². The van der Waals surface area contributed by atoms with Crippen molar-refractivity contribution in [3.05, 3.63) is 36.4 Å². The Morgan fingerprint density at radius 2 is 2.07 bits per heavy atom. The van der Waals surface area contributed by atoms with Crippen LogP contribution >= 0.6 is 0 Å². The molecule has 3 aromatic heterocycles. The second kappa shape index (κ2) is 8.20. The van der Waals surface area contributed by atoms with Gasteiger partial charge in [0.05, 0.1) is 38.7 Å². The van der Waals surface area contributed by atoms with Crippen molar-refractivity contribution in [2.24, 2.45) is 4.99 Å². The van der Waals surface area contributed by atoms with E-state index in [1.54, 1.807) is 28.2 Å². The highest BCUT2D eigenvalue weighted by molar-refractivity contribution is 5.64. The van der Waals surface area contributed by atoms with Gasteiger partial charge in [0.15, 0.2) is 17.5 Å². The zero-order chi connectivity index (χ0) is 20.2. The quantitative estimate of drug-likeness (QED) is 0.417. The number of rotatable bonds is 8. The van der Waals surface area contributed by atoms with Crippen molar-refractivity contribution in [1.82, 2.24) is 34.0 Å². The van der Waals surface area contributed by atoms with Crippen LogP contribution in [0.5, 0.6) is 0 Å². The van der Waals surface area contributed by atoms with Crippen molar-refractivity contribution in [2.45, 2.75) is 19.8 Å². The summed E-state index contributed by atoms with van der Waals surface area (Å²) in [4.78, 5) is 22.5. The van der Waals surface area contributed by atoms with Gasteiger partial charge in [-0.2, -0.15) is 4.98 Å². The minimum absolute atomic E-state index is 0.0165. The lowest BCUT2D eigenvalue weighted by molar-refractivity contribution is 0.211. The normalized spacial score (nSPS) is 12.9. The largest absolute Gasteiger partial charge is 0.395 e. The smallest absolute Gasteiger partial charge is 0.231 e. The van der Waals surface area contributed by atoms with Crippen LogP contribution in [0.15, 0.2) is 29.9 Å². The Balaban J connectivity index is 1.42. The van der Waals surface area contributed by atoms with Gasteiger partial charge >= 0.3 is 0 Å². The molecule has 13 heteroatoms. The summed E-state index contributed by atoms with van der Waals surface area (Å²) in [6.07, 6.45) is 7.43. The van der Waals surface area contributed by atoms with Crippen LogP contribution in [0, 0.1) is 5.82 Å². The summed E-state index contributed by atoms with van der Waals surface area (Å²) in [7, 11) is 0. The Kier molecular flexibility index (Phi) is 5.31. The molecule has 3 aromatic rings. The highest BCUT2D eigenvalue weighted by atomic mass is 19.1.